The normalized spacial score (nSPS) is 20.1. The molecule has 2 aromatic rings. The predicted molar refractivity (Wildman–Crippen MR) is 105 cm³/mol. The highest BCUT2D eigenvalue weighted by molar-refractivity contribution is 6.09. The molecule has 0 bridgehead atoms. The second-order valence-corrected chi connectivity index (χ2v) is 7.13. The van der Waals surface area contributed by atoms with Crippen molar-refractivity contribution < 1.29 is 9.59 Å². The maximum atomic E-state index is 12.6. The predicted octanol–water partition coefficient (Wildman–Crippen LogP) is 3.67. The second-order valence-electron chi connectivity index (χ2n) is 7.13. The van der Waals surface area contributed by atoms with Crippen LogP contribution < -0.4 is 10.6 Å². The Balaban J connectivity index is 0.00000196. The minimum atomic E-state index is -0.0297. The Kier molecular flexibility index (Phi) is 5.44. The van der Waals surface area contributed by atoms with Crippen LogP contribution in [0.4, 0.5) is 5.69 Å². The van der Waals surface area contributed by atoms with Gasteiger partial charge in [0.05, 0.1) is 0 Å². The fraction of sp³-hybridized carbons (Fsp3) is 0.333. The van der Waals surface area contributed by atoms with E-state index in [0.717, 1.165) is 32.4 Å². The Morgan fingerprint density at radius 2 is 1.65 bits per heavy atom. The highest BCUT2D eigenvalue weighted by atomic mass is 35.5. The lowest BCUT2D eigenvalue weighted by Gasteiger charge is -2.23. The summed E-state index contributed by atoms with van der Waals surface area (Å²) in [5, 5.41) is 6.37. The van der Waals surface area contributed by atoms with Gasteiger partial charge >= 0.3 is 0 Å². The molecule has 0 radical (unpaired) electrons. The SMILES string of the molecule is Cl.O=C(c1ccccc1)c1cccc(NC(=O)C2CC23CCNCC3)c1. The van der Waals surface area contributed by atoms with Gasteiger partial charge < -0.3 is 10.6 Å². The zero-order valence-electron chi connectivity index (χ0n) is 14.5. The first-order chi connectivity index (χ1) is 12.2. The summed E-state index contributed by atoms with van der Waals surface area (Å²) in [5.41, 5.74) is 2.16. The summed E-state index contributed by atoms with van der Waals surface area (Å²) in [7, 11) is 0. The maximum Gasteiger partial charge on any atom is 0.228 e. The molecule has 0 aromatic heterocycles. The third-order valence-corrected chi connectivity index (χ3v) is 5.53. The van der Waals surface area contributed by atoms with Gasteiger partial charge in [0.2, 0.25) is 5.91 Å². The van der Waals surface area contributed by atoms with Crippen LogP contribution in [0.3, 0.4) is 0 Å². The standard InChI is InChI=1S/C21H22N2O2.ClH/c24-19(15-5-2-1-3-6-15)16-7-4-8-17(13-16)23-20(25)18-14-21(18)9-11-22-12-10-21;/h1-8,13,18,22H,9-12,14H2,(H,23,25);1H. The summed E-state index contributed by atoms with van der Waals surface area (Å²) >= 11 is 0. The Bertz CT molecular complexity index is 801. The number of hydrogen-bond acceptors (Lipinski definition) is 3. The Hall–Kier alpha value is -2.17. The molecule has 1 atom stereocenters. The van der Waals surface area contributed by atoms with E-state index in [9.17, 15) is 9.59 Å². The van der Waals surface area contributed by atoms with E-state index in [1.165, 1.54) is 0 Å². The maximum absolute atomic E-state index is 12.6. The quantitative estimate of drug-likeness (QED) is 0.807. The van der Waals surface area contributed by atoms with Crippen molar-refractivity contribution in [3.05, 3.63) is 65.7 Å². The lowest BCUT2D eigenvalue weighted by Crippen LogP contribution is -2.31. The monoisotopic (exact) mass is 370 g/mol. The van der Waals surface area contributed by atoms with Crippen LogP contribution >= 0.6 is 12.4 Å². The summed E-state index contributed by atoms with van der Waals surface area (Å²) < 4.78 is 0. The molecule has 1 unspecified atom stereocenters. The molecule has 1 heterocycles. The number of rotatable bonds is 4. The lowest BCUT2D eigenvalue weighted by atomic mass is 9.91. The van der Waals surface area contributed by atoms with Crippen LogP contribution in [0.2, 0.25) is 0 Å². The molecule has 2 fully saturated rings. The van der Waals surface area contributed by atoms with Crippen LogP contribution in [-0.4, -0.2) is 24.8 Å². The fourth-order valence-corrected chi connectivity index (χ4v) is 3.92. The molecule has 26 heavy (non-hydrogen) atoms. The summed E-state index contributed by atoms with van der Waals surface area (Å²) in [6, 6.07) is 16.4. The van der Waals surface area contributed by atoms with E-state index in [1.54, 1.807) is 24.3 Å². The molecule has 1 aliphatic carbocycles. The second kappa shape index (κ2) is 7.60. The van der Waals surface area contributed by atoms with E-state index in [-0.39, 0.29) is 35.4 Å². The molecule has 1 spiro atoms. The lowest BCUT2D eigenvalue weighted by molar-refractivity contribution is -0.118. The van der Waals surface area contributed by atoms with Crippen molar-refractivity contribution >= 4 is 29.8 Å². The molecular formula is C21H23ClN2O2. The van der Waals surface area contributed by atoms with Crippen molar-refractivity contribution in [3.8, 4) is 0 Å². The summed E-state index contributed by atoms with van der Waals surface area (Å²) in [4.78, 5) is 25.1. The number of hydrogen-bond donors (Lipinski definition) is 2. The van der Waals surface area contributed by atoms with Crippen LogP contribution in [0.25, 0.3) is 0 Å². The molecule has 1 saturated heterocycles. The molecule has 1 aliphatic heterocycles. The van der Waals surface area contributed by atoms with Gasteiger partial charge in [-0.3, -0.25) is 9.59 Å². The largest absolute Gasteiger partial charge is 0.326 e. The third kappa shape index (κ3) is 3.67. The number of ketones is 1. The Labute approximate surface area is 159 Å². The van der Waals surface area contributed by atoms with Crippen molar-refractivity contribution in [2.75, 3.05) is 18.4 Å². The van der Waals surface area contributed by atoms with Crippen molar-refractivity contribution in [2.45, 2.75) is 19.3 Å². The zero-order valence-corrected chi connectivity index (χ0v) is 15.4. The van der Waals surface area contributed by atoms with Gasteiger partial charge in [0.25, 0.3) is 0 Å². The Morgan fingerprint density at radius 3 is 2.38 bits per heavy atom. The van der Waals surface area contributed by atoms with Crippen molar-refractivity contribution in [2.24, 2.45) is 11.3 Å². The molecule has 1 amide bonds. The smallest absolute Gasteiger partial charge is 0.228 e. The number of carbonyl (C=O) groups excluding carboxylic acids is 2. The van der Waals surface area contributed by atoms with Gasteiger partial charge in [0.1, 0.15) is 0 Å². The van der Waals surface area contributed by atoms with E-state index >= 15 is 0 Å². The van der Waals surface area contributed by atoms with Gasteiger partial charge in [-0.15, -0.1) is 12.4 Å². The van der Waals surface area contributed by atoms with Gasteiger partial charge in [0, 0.05) is 22.7 Å². The molecule has 4 rings (SSSR count). The summed E-state index contributed by atoms with van der Waals surface area (Å²) in [5.74, 6) is 0.173. The van der Waals surface area contributed by atoms with Gasteiger partial charge in [0.15, 0.2) is 5.78 Å². The molecular weight excluding hydrogens is 348 g/mol. The molecule has 4 nitrogen and oxygen atoms in total. The highest BCUT2D eigenvalue weighted by Crippen LogP contribution is 2.58. The third-order valence-electron chi connectivity index (χ3n) is 5.53. The number of nitrogens with one attached hydrogen (secondary N) is 2. The molecule has 5 heteroatoms. The van der Waals surface area contributed by atoms with Gasteiger partial charge in [-0.2, -0.15) is 0 Å². The first-order valence-electron chi connectivity index (χ1n) is 8.89. The van der Waals surface area contributed by atoms with Crippen LogP contribution in [-0.2, 0) is 4.79 Å². The minimum Gasteiger partial charge on any atom is -0.326 e. The van der Waals surface area contributed by atoms with E-state index in [0.29, 0.717) is 16.8 Å². The topological polar surface area (TPSA) is 58.2 Å². The van der Waals surface area contributed by atoms with Crippen LogP contribution in [0.1, 0.15) is 35.2 Å². The molecule has 1 saturated carbocycles. The summed E-state index contributed by atoms with van der Waals surface area (Å²) in [6.07, 6.45) is 3.15. The average Bonchev–Trinajstić information content (AvgIpc) is 3.35. The van der Waals surface area contributed by atoms with Crippen LogP contribution in [0.5, 0.6) is 0 Å². The van der Waals surface area contributed by atoms with Crippen molar-refractivity contribution in [1.29, 1.82) is 0 Å². The van der Waals surface area contributed by atoms with Gasteiger partial charge in [-0.05, 0) is 49.9 Å². The van der Waals surface area contributed by atoms with Crippen LogP contribution in [0.15, 0.2) is 54.6 Å². The van der Waals surface area contributed by atoms with Gasteiger partial charge in [-0.25, -0.2) is 0 Å². The summed E-state index contributed by atoms with van der Waals surface area (Å²) in [6.45, 7) is 2.01. The van der Waals surface area contributed by atoms with Crippen molar-refractivity contribution in [3.63, 3.8) is 0 Å². The number of amides is 1. The first-order valence-corrected chi connectivity index (χ1v) is 8.89. The van der Waals surface area contributed by atoms with E-state index in [1.807, 2.05) is 30.3 Å². The molecule has 2 N–H and O–H groups in total. The highest BCUT2D eigenvalue weighted by Gasteiger charge is 2.57. The number of anilines is 1. The van der Waals surface area contributed by atoms with Crippen molar-refractivity contribution in [1.82, 2.24) is 5.32 Å². The zero-order chi connectivity index (χ0) is 17.3. The number of benzene rings is 2. The van der Waals surface area contributed by atoms with E-state index in [2.05, 4.69) is 10.6 Å². The number of carbonyl (C=O) groups is 2. The first kappa shape index (κ1) is 18.6. The van der Waals surface area contributed by atoms with E-state index in [4.69, 9.17) is 0 Å². The Morgan fingerprint density at radius 1 is 0.962 bits per heavy atom. The average molecular weight is 371 g/mol. The molecule has 136 valence electrons. The van der Waals surface area contributed by atoms with Crippen LogP contribution in [0, 0.1) is 11.3 Å². The number of piperidine rings is 1. The number of halogens is 1. The molecule has 2 aromatic carbocycles. The van der Waals surface area contributed by atoms with Gasteiger partial charge in [-0.1, -0.05) is 42.5 Å². The molecule has 2 aliphatic rings. The fourth-order valence-electron chi connectivity index (χ4n) is 3.92. The minimum absolute atomic E-state index is 0. The van der Waals surface area contributed by atoms with E-state index < -0.39 is 0 Å².